The topological polar surface area (TPSA) is 164 Å². The molecule has 10 heteroatoms. The molecule has 10 nitrogen and oxygen atoms in total. The van der Waals surface area contributed by atoms with Crippen LogP contribution in [0.15, 0.2) is 0 Å². The van der Waals surface area contributed by atoms with E-state index in [0.29, 0.717) is 0 Å². The Bertz CT molecular complexity index is 520. The Morgan fingerprint density at radius 1 is 1.19 bits per heavy atom. The van der Waals surface area contributed by atoms with Crippen LogP contribution in [0.5, 0.6) is 0 Å². The molecule has 5 N–H and O–H groups in total. The number of aromatic nitrogens is 3. The Hall–Kier alpha value is -2.51. The molecule has 1 aromatic heterocycles. The zero-order chi connectivity index (χ0) is 15.9. The second-order valence-electron chi connectivity index (χ2n) is 4.15. The standard InChI is InChI=1S/C11H16N6O4/c1-11(6-12,8(20)21)7-15-9(13-2-4-18)17-10(16-7)14-3-5-19/h18-19H,2-5H2,1H3,(H,20,21)(H2,13,14,15,16,17). The van der Waals surface area contributed by atoms with Crippen LogP contribution in [-0.2, 0) is 10.2 Å². The summed E-state index contributed by atoms with van der Waals surface area (Å²) in [4.78, 5) is 23.0. The van der Waals surface area contributed by atoms with Gasteiger partial charge in [-0.05, 0) is 6.92 Å². The SMILES string of the molecule is CC(C#N)(C(=O)O)c1nc(NCCO)nc(NCCO)n1. The number of anilines is 2. The molecule has 0 radical (unpaired) electrons. The molecule has 0 saturated carbocycles. The van der Waals surface area contributed by atoms with Crippen molar-refractivity contribution in [3.05, 3.63) is 5.82 Å². The number of carboxylic acids is 1. The fraction of sp³-hybridized carbons (Fsp3) is 0.545. The van der Waals surface area contributed by atoms with Gasteiger partial charge in [-0.15, -0.1) is 0 Å². The summed E-state index contributed by atoms with van der Waals surface area (Å²) in [6.07, 6.45) is 0. The molecule has 1 atom stereocenters. The molecule has 1 rings (SSSR count). The van der Waals surface area contributed by atoms with E-state index in [-0.39, 0.29) is 44.0 Å². The van der Waals surface area contributed by atoms with Gasteiger partial charge in [0.1, 0.15) is 0 Å². The van der Waals surface area contributed by atoms with E-state index in [1.54, 1.807) is 6.07 Å². The van der Waals surface area contributed by atoms with Gasteiger partial charge in [0, 0.05) is 13.1 Å². The zero-order valence-corrected chi connectivity index (χ0v) is 11.4. The largest absolute Gasteiger partial charge is 0.480 e. The molecule has 0 spiro atoms. The molecule has 0 fully saturated rings. The maximum absolute atomic E-state index is 11.3. The minimum absolute atomic E-state index is 0.0252. The molecular weight excluding hydrogens is 280 g/mol. The minimum atomic E-state index is -1.94. The highest BCUT2D eigenvalue weighted by molar-refractivity contribution is 5.83. The first-order valence-electron chi connectivity index (χ1n) is 6.08. The Kier molecular flexibility index (Phi) is 5.77. The third kappa shape index (κ3) is 3.98. The van der Waals surface area contributed by atoms with Crippen molar-refractivity contribution in [1.29, 1.82) is 5.26 Å². The summed E-state index contributed by atoms with van der Waals surface area (Å²) in [5, 5.41) is 41.2. The minimum Gasteiger partial charge on any atom is -0.480 e. The van der Waals surface area contributed by atoms with Gasteiger partial charge < -0.3 is 26.0 Å². The van der Waals surface area contributed by atoms with Gasteiger partial charge in [-0.25, -0.2) is 0 Å². The molecule has 0 amide bonds. The Morgan fingerprint density at radius 3 is 2.00 bits per heavy atom. The van der Waals surface area contributed by atoms with Gasteiger partial charge in [-0.2, -0.15) is 20.2 Å². The highest BCUT2D eigenvalue weighted by Gasteiger charge is 2.39. The van der Waals surface area contributed by atoms with E-state index in [1.807, 2.05) is 0 Å². The van der Waals surface area contributed by atoms with Gasteiger partial charge in [0.25, 0.3) is 0 Å². The molecule has 0 bridgehead atoms. The lowest BCUT2D eigenvalue weighted by Gasteiger charge is -2.16. The summed E-state index contributed by atoms with van der Waals surface area (Å²) in [5.74, 6) is -1.58. The summed E-state index contributed by atoms with van der Waals surface area (Å²) >= 11 is 0. The normalized spacial score (nSPS) is 13.0. The number of nitrogens with one attached hydrogen (secondary N) is 2. The van der Waals surface area contributed by atoms with Crippen LogP contribution in [0.4, 0.5) is 11.9 Å². The third-order valence-electron chi connectivity index (χ3n) is 2.52. The smallest absolute Gasteiger partial charge is 0.331 e. The number of rotatable bonds is 8. The van der Waals surface area contributed by atoms with Crippen LogP contribution in [0.3, 0.4) is 0 Å². The van der Waals surface area contributed by atoms with E-state index in [2.05, 4.69) is 25.6 Å². The van der Waals surface area contributed by atoms with Crippen LogP contribution in [0, 0.1) is 11.3 Å². The molecule has 0 aromatic carbocycles. The van der Waals surface area contributed by atoms with Crippen molar-refractivity contribution < 1.29 is 20.1 Å². The number of hydrogen-bond donors (Lipinski definition) is 5. The average Bonchev–Trinajstić information content (AvgIpc) is 2.49. The van der Waals surface area contributed by atoms with Crippen LogP contribution in [0.1, 0.15) is 12.7 Å². The summed E-state index contributed by atoms with van der Waals surface area (Å²) in [6, 6.07) is 1.65. The number of aliphatic hydroxyl groups is 2. The summed E-state index contributed by atoms with van der Waals surface area (Å²) in [6.45, 7) is 1.14. The van der Waals surface area contributed by atoms with Gasteiger partial charge in [0.05, 0.1) is 19.3 Å². The summed E-state index contributed by atoms with van der Waals surface area (Å²) in [7, 11) is 0. The van der Waals surface area contributed by atoms with Crippen molar-refractivity contribution in [2.75, 3.05) is 36.9 Å². The zero-order valence-electron chi connectivity index (χ0n) is 11.4. The number of nitrogens with zero attached hydrogens (tertiary/aromatic N) is 4. The molecule has 1 heterocycles. The highest BCUT2D eigenvalue weighted by atomic mass is 16.4. The Morgan fingerprint density at radius 2 is 1.67 bits per heavy atom. The number of carboxylic acid groups (broad SMARTS) is 1. The highest BCUT2D eigenvalue weighted by Crippen LogP contribution is 2.21. The van der Waals surface area contributed by atoms with Crippen molar-refractivity contribution >= 4 is 17.9 Å². The first-order valence-corrected chi connectivity index (χ1v) is 6.08. The van der Waals surface area contributed by atoms with Crippen molar-refractivity contribution in [2.24, 2.45) is 0 Å². The second-order valence-corrected chi connectivity index (χ2v) is 4.15. The van der Waals surface area contributed by atoms with Crippen molar-refractivity contribution in [1.82, 2.24) is 15.0 Å². The number of aliphatic hydroxyl groups excluding tert-OH is 2. The first-order chi connectivity index (χ1) is 9.97. The number of hydrogen-bond acceptors (Lipinski definition) is 9. The van der Waals surface area contributed by atoms with Crippen molar-refractivity contribution in [3.8, 4) is 6.07 Å². The molecular formula is C11H16N6O4. The van der Waals surface area contributed by atoms with Gasteiger partial charge >= 0.3 is 5.97 Å². The predicted octanol–water partition coefficient (Wildman–Crippen LogP) is -1.45. The average molecular weight is 296 g/mol. The lowest BCUT2D eigenvalue weighted by Crippen LogP contribution is -2.33. The van der Waals surface area contributed by atoms with Crippen LogP contribution < -0.4 is 10.6 Å². The number of carbonyl (C=O) groups is 1. The fourth-order valence-electron chi connectivity index (χ4n) is 1.29. The maximum atomic E-state index is 11.3. The molecule has 114 valence electrons. The molecule has 0 aliphatic rings. The van der Waals surface area contributed by atoms with E-state index in [0.717, 1.165) is 0 Å². The molecule has 1 unspecified atom stereocenters. The fourth-order valence-corrected chi connectivity index (χ4v) is 1.29. The predicted molar refractivity (Wildman–Crippen MR) is 71.6 cm³/mol. The van der Waals surface area contributed by atoms with E-state index < -0.39 is 11.4 Å². The van der Waals surface area contributed by atoms with E-state index in [1.165, 1.54) is 6.92 Å². The molecule has 0 aliphatic carbocycles. The van der Waals surface area contributed by atoms with Gasteiger partial charge in [0.15, 0.2) is 5.82 Å². The third-order valence-corrected chi connectivity index (χ3v) is 2.52. The van der Waals surface area contributed by atoms with Gasteiger partial charge in [-0.1, -0.05) is 0 Å². The van der Waals surface area contributed by atoms with Crippen LogP contribution in [-0.4, -0.2) is 62.5 Å². The molecule has 21 heavy (non-hydrogen) atoms. The first kappa shape index (κ1) is 16.5. The van der Waals surface area contributed by atoms with Crippen LogP contribution >= 0.6 is 0 Å². The summed E-state index contributed by atoms with van der Waals surface area (Å²) in [5.41, 5.74) is -1.94. The lowest BCUT2D eigenvalue weighted by molar-refractivity contribution is -0.141. The maximum Gasteiger partial charge on any atom is 0.331 e. The quantitative estimate of drug-likeness (QED) is 0.383. The van der Waals surface area contributed by atoms with Gasteiger partial charge in [0.2, 0.25) is 17.3 Å². The van der Waals surface area contributed by atoms with E-state index in [9.17, 15) is 9.90 Å². The number of aliphatic carboxylic acids is 1. The van der Waals surface area contributed by atoms with E-state index in [4.69, 9.17) is 15.5 Å². The lowest BCUT2D eigenvalue weighted by atomic mass is 9.92. The Labute approximate surface area is 120 Å². The van der Waals surface area contributed by atoms with E-state index >= 15 is 0 Å². The number of nitriles is 1. The molecule has 1 aromatic rings. The van der Waals surface area contributed by atoms with Gasteiger partial charge in [-0.3, -0.25) is 4.79 Å². The Balaban J connectivity index is 3.23. The van der Waals surface area contributed by atoms with Crippen LogP contribution in [0.25, 0.3) is 0 Å². The van der Waals surface area contributed by atoms with Crippen molar-refractivity contribution in [3.63, 3.8) is 0 Å². The summed E-state index contributed by atoms with van der Waals surface area (Å²) < 4.78 is 0. The second kappa shape index (κ2) is 7.32. The van der Waals surface area contributed by atoms with Crippen molar-refractivity contribution in [2.45, 2.75) is 12.3 Å². The van der Waals surface area contributed by atoms with Crippen LogP contribution in [0.2, 0.25) is 0 Å². The monoisotopic (exact) mass is 296 g/mol. The molecule has 0 saturated heterocycles. The molecule has 0 aliphatic heterocycles.